The van der Waals surface area contributed by atoms with Crippen molar-refractivity contribution in [2.24, 2.45) is 0 Å². The molecule has 2 fully saturated rings. The molecule has 31 heavy (non-hydrogen) atoms. The van der Waals surface area contributed by atoms with Crippen LogP contribution < -0.4 is 5.46 Å². The lowest BCUT2D eigenvalue weighted by Crippen LogP contribution is -2.57. The SMILES string of the molecule is CC1CN(C(=O)OC(C)(C)C)CCN1C(=O)c1ccccc1B1OC(C)(C)C(C)(C)O1. The van der Waals surface area contributed by atoms with Crippen molar-refractivity contribution in [2.45, 2.75) is 78.2 Å². The van der Waals surface area contributed by atoms with E-state index in [1.54, 1.807) is 4.90 Å². The Morgan fingerprint density at radius 1 is 1.06 bits per heavy atom. The molecule has 170 valence electrons. The minimum atomic E-state index is -0.608. The predicted octanol–water partition coefficient (Wildman–Crippen LogP) is 3.07. The summed E-state index contributed by atoms with van der Waals surface area (Å²) in [6.07, 6.45) is -0.343. The average Bonchev–Trinajstić information content (AvgIpc) is 2.87. The van der Waals surface area contributed by atoms with Gasteiger partial charge in [-0.05, 0) is 66.9 Å². The topological polar surface area (TPSA) is 68.3 Å². The predicted molar refractivity (Wildman–Crippen MR) is 120 cm³/mol. The number of carbonyl (C=O) groups excluding carboxylic acids is 2. The largest absolute Gasteiger partial charge is 0.495 e. The van der Waals surface area contributed by atoms with Gasteiger partial charge in [-0.2, -0.15) is 0 Å². The number of hydrogen-bond donors (Lipinski definition) is 0. The number of hydrogen-bond acceptors (Lipinski definition) is 5. The molecule has 2 aliphatic heterocycles. The normalized spacial score (nSPS) is 23.1. The molecule has 0 spiro atoms. The van der Waals surface area contributed by atoms with E-state index in [0.29, 0.717) is 25.2 Å². The van der Waals surface area contributed by atoms with E-state index >= 15 is 0 Å². The van der Waals surface area contributed by atoms with Gasteiger partial charge in [-0.3, -0.25) is 4.79 Å². The third kappa shape index (κ3) is 4.90. The van der Waals surface area contributed by atoms with Gasteiger partial charge in [0.2, 0.25) is 0 Å². The molecule has 3 rings (SSSR count). The van der Waals surface area contributed by atoms with Crippen LogP contribution >= 0.6 is 0 Å². The first-order chi connectivity index (χ1) is 14.2. The number of benzene rings is 1. The molecule has 1 aromatic carbocycles. The van der Waals surface area contributed by atoms with Gasteiger partial charge in [-0.25, -0.2) is 4.79 Å². The Labute approximate surface area is 186 Å². The maximum absolute atomic E-state index is 13.5. The van der Waals surface area contributed by atoms with Gasteiger partial charge in [0.05, 0.1) is 11.2 Å². The van der Waals surface area contributed by atoms with Crippen molar-refractivity contribution < 1.29 is 23.6 Å². The van der Waals surface area contributed by atoms with E-state index in [1.807, 2.05) is 84.6 Å². The van der Waals surface area contributed by atoms with Gasteiger partial charge in [-0.15, -0.1) is 0 Å². The van der Waals surface area contributed by atoms with E-state index in [0.717, 1.165) is 5.46 Å². The molecule has 2 aliphatic rings. The van der Waals surface area contributed by atoms with Gasteiger partial charge in [0, 0.05) is 31.2 Å². The molecule has 1 aromatic rings. The van der Waals surface area contributed by atoms with Crippen LogP contribution in [-0.2, 0) is 14.0 Å². The van der Waals surface area contributed by atoms with Crippen molar-refractivity contribution in [1.29, 1.82) is 0 Å². The van der Waals surface area contributed by atoms with Crippen molar-refractivity contribution in [3.8, 4) is 0 Å². The molecule has 7 nitrogen and oxygen atoms in total. The molecule has 1 atom stereocenters. The highest BCUT2D eigenvalue weighted by Gasteiger charge is 2.52. The summed E-state index contributed by atoms with van der Waals surface area (Å²) in [5.74, 6) is -0.0818. The summed E-state index contributed by atoms with van der Waals surface area (Å²) < 4.78 is 17.9. The summed E-state index contributed by atoms with van der Waals surface area (Å²) >= 11 is 0. The van der Waals surface area contributed by atoms with Crippen molar-refractivity contribution in [3.05, 3.63) is 29.8 Å². The lowest BCUT2D eigenvalue weighted by molar-refractivity contribution is 0.00578. The fourth-order valence-electron chi connectivity index (χ4n) is 3.77. The molecular formula is C23H35BN2O5. The molecule has 0 saturated carbocycles. The number of amides is 2. The molecule has 0 radical (unpaired) electrons. The van der Waals surface area contributed by atoms with Gasteiger partial charge in [0.15, 0.2) is 0 Å². The van der Waals surface area contributed by atoms with Gasteiger partial charge < -0.3 is 23.8 Å². The first kappa shape index (κ1) is 23.6. The third-order valence-electron chi connectivity index (χ3n) is 6.24. The number of rotatable bonds is 2. The van der Waals surface area contributed by atoms with Gasteiger partial charge in [-0.1, -0.05) is 18.2 Å². The number of nitrogens with zero attached hydrogens (tertiary/aromatic N) is 2. The highest BCUT2D eigenvalue weighted by atomic mass is 16.7. The van der Waals surface area contributed by atoms with Crippen molar-refractivity contribution in [3.63, 3.8) is 0 Å². The first-order valence-electron chi connectivity index (χ1n) is 11.0. The Bertz CT molecular complexity index is 833. The highest BCUT2D eigenvalue weighted by Crippen LogP contribution is 2.36. The molecule has 8 heteroatoms. The van der Waals surface area contributed by atoms with Crippen LogP contribution in [0.2, 0.25) is 0 Å². The molecule has 2 saturated heterocycles. The standard InChI is InChI=1S/C23H35BN2O5/c1-16-15-25(20(28)29-21(2,3)4)13-14-26(16)19(27)17-11-9-10-12-18(17)24-30-22(5,6)23(7,8)31-24/h9-12,16H,13-15H2,1-8H3. The van der Waals surface area contributed by atoms with Crippen LogP contribution in [-0.4, -0.2) is 71.4 Å². The Hall–Kier alpha value is -2.06. The first-order valence-corrected chi connectivity index (χ1v) is 11.0. The Balaban J connectivity index is 1.76. The smallest absolute Gasteiger partial charge is 0.444 e. The van der Waals surface area contributed by atoms with Crippen LogP contribution in [0.15, 0.2) is 24.3 Å². The van der Waals surface area contributed by atoms with Gasteiger partial charge in [0.25, 0.3) is 5.91 Å². The van der Waals surface area contributed by atoms with Crippen LogP contribution in [0.5, 0.6) is 0 Å². The van der Waals surface area contributed by atoms with Crippen molar-refractivity contribution >= 4 is 24.6 Å². The van der Waals surface area contributed by atoms with Crippen LogP contribution in [0, 0.1) is 0 Å². The summed E-state index contributed by atoms with van der Waals surface area (Å²) in [5, 5.41) is 0. The Kier molecular flexibility index (Phi) is 6.19. The number of carbonyl (C=O) groups is 2. The zero-order chi connectivity index (χ0) is 23.2. The second kappa shape index (κ2) is 8.13. The van der Waals surface area contributed by atoms with Crippen LogP contribution in [0.1, 0.15) is 65.7 Å². The molecule has 0 bridgehead atoms. The van der Waals surface area contributed by atoms with Gasteiger partial charge in [0.1, 0.15) is 5.60 Å². The second-order valence-electron chi connectivity index (χ2n) is 10.4. The maximum Gasteiger partial charge on any atom is 0.495 e. The quantitative estimate of drug-likeness (QED) is 0.675. The molecule has 2 amide bonds. The molecule has 0 N–H and O–H groups in total. The lowest BCUT2D eigenvalue weighted by Gasteiger charge is -2.40. The zero-order valence-electron chi connectivity index (χ0n) is 20.0. The van der Waals surface area contributed by atoms with Crippen LogP contribution in [0.25, 0.3) is 0 Å². The molecule has 0 aliphatic carbocycles. The minimum absolute atomic E-state index is 0.0818. The summed E-state index contributed by atoms with van der Waals surface area (Å²) in [5.41, 5.74) is -0.221. The summed E-state index contributed by atoms with van der Waals surface area (Å²) in [7, 11) is -0.608. The van der Waals surface area contributed by atoms with E-state index in [1.165, 1.54) is 0 Å². The fraction of sp³-hybridized carbons (Fsp3) is 0.652. The fourth-order valence-corrected chi connectivity index (χ4v) is 3.77. The Morgan fingerprint density at radius 3 is 2.19 bits per heavy atom. The third-order valence-corrected chi connectivity index (χ3v) is 6.24. The summed E-state index contributed by atoms with van der Waals surface area (Å²) in [6, 6.07) is 7.30. The van der Waals surface area contributed by atoms with E-state index < -0.39 is 23.9 Å². The summed E-state index contributed by atoms with van der Waals surface area (Å²) in [6.45, 7) is 16.8. The number of piperazine rings is 1. The molecule has 0 aromatic heterocycles. The average molecular weight is 430 g/mol. The summed E-state index contributed by atoms with van der Waals surface area (Å²) in [4.78, 5) is 29.4. The Morgan fingerprint density at radius 2 is 1.65 bits per heavy atom. The van der Waals surface area contributed by atoms with Crippen molar-refractivity contribution in [1.82, 2.24) is 9.80 Å². The second-order valence-corrected chi connectivity index (χ2v) is 10.4. The number of ether oxygens (including phenoxy) is 1. The van der Waals surface area contributed by atoms with E-state index in [-0.39, 0.29) is 18.0 Å². The van der Waals surface area contributed by atoms with E-state index in [9.17, 15) is 9.59 Å². The van der Waals surface area contributed by atoms with Gasteiger partial charge >= 0.3 is 13.2 Å². The monoisotopic (exact) mass is 430 g/mol. The zero-order valence-corrected chi connectivity index (χ0v) is 20.0. The van der Waals surface area contributed by atoms with Crippen molar-refractivity contribution in [2.75, 3.05) is 19.6 Å². The van der Waals surface area contributed by atoms with E-state index in [4.69, 9.17) is 14.0 Å². The maximum atomic E-state index is 13.5. The highest BCUT2D eigenvalue weighted by molar-refractivity contribution is 6.63. The van der Waals surface area contributed by atoms with Crippen LogP contribution in [0.3, 0.4) is 0 Å². The molecule has 2 heterocycles. The molecular weight excluding hydrogens is 395 g/mol. The van der Waals surface area contributed by atoms with Crippen LogP contribution in [0.4, 0.5) is 4.79 Å². The molecule has 1 unspecified atom stereocenters. The minimum Gasteiger partial charge on any atom is -0.444 e. The van der Waals surface area contributed by atoms with E-state index in [2.05, 4.69) is 0 Å². The lowest BCUT2D eigenvalue weighted by atomic mass is 9.75.